The lowest BCUT2D eigenvalue weighted by Gasteiger charge is -2.55. The highest BCUT2D eigenvalue weighted by atomic mass is 32.2. The van der Waals surface area contributed by atoms with E-state index in [-0.39, 0.29) is 11.5 Å². The van der Waals surface area contributed by atoms with Gasteiger partial charge in [-0.15, -0.1) is 13.2 Å². The maximum Gasteiger partial charge on any atom is 0.573 e. The fraction of sp³-hybridized carbons (Fsp3) is 0.704. The molecule has 4 aliphatic rings. The molecule has 0 radical (unpaired) electrons. The van der Waals surface area contributed by atoms with Crippen molar-refractivity contribution in [2.24, 2.45) is 11.8 Å². The molecule has 10 heteroatoms. The minimum atomic E-state index is -4.77. The van der Waals surface area contributed by atoms with E-state index in [1.165, 1.54) is 63.7 Å². The van der Waals surface area contributed by atoms with E-state index >= 15 is 0 Å². The Hall–Kier alpha value is -1.62. The van der Waals surface area contributed by atoms with E-state index in [4.69, 9.17) is 0 Å². The number of halogens is 3. The van der Waals surface area contributed by atoms with Crippen molar-refractivity contribution in [2.75, 3.05) is 32.7 Å². The molecule has 3 aliphatic heterocycles. The highest BCUT2D eigenvalue weighted by molar-refractivity contribution is 7.88. The molecular weight excluding hydrogens is 503 g/mol. The van der Waals surface area contributed by atoms with Gasteiger partial charge in [0.05, 0.1) is 5.75 Å². The van der Waals surface area contributed by atoms with Crippen LogP contribution in [0.5, 0.6) is 5.75 Å². The average molecular weight is 542 g/mol. The molecule has 2 bridgehead atoms. The third-order valence-corrected chi connectivity index (χ3v) is 9.83. The first-order valence-electron chi connectivity index (χ1n) is 13.7. The number of hydrogen-bond acceptors (Lipinski definition) is 5. The van der Waals surface area contributed by atoms with Crippen molar-refractivity contribution >= 4 is 10.0 Å². The molecule has 0 unspecified atom stereocenters. The first-order chi connectivity index (χ1) is 17.7. The second kappa shape index (κ2) is 11.2. The molecule has 0 saturated carbocycles. The molecule has 0 amide bonds. The van der Waals surface area contributed by atoms with E-state index < -0.39 is 16.4 Å². The van der Waals surface area contributed by atoms with E-state index in [0.29, 0.717) is 24.1 Å². The molecule has 37 heavy (non-hydrogen) atoms. The van der Waals surface area contributed by atoms with E-state index in [9.17, 15) is 21.6 Å². The third-order valence-electron chi connectivity index (χ3n) is 8.47. The van der Waals surface area contributed by atoms with Gasteiger partial charge in [0.15, 0.2) is 0 Å². The number of nitrogens with one attached hydrogen (secondary N) is 1. The number of piperidine rings is 3. The van der Waals surface area contributed by atoms with Gasteiger partial charge in [-0.25, -0.2) is 13.1 Å². The maximum atomic E-state index is 12.5. The summed E-state index contributed by atoms with van der Waals surface area (Å²) in [6, 6.07) is 6.25. The van der Waals surface area contributed by atoms with Crippen molar-refractivity contribution < 1.29 is 26.3 Å². The maximum absolute atomic E-state index is 12.5. The second-order valence-electron chi connectivity index (χ2n) is 11.1. The largest absolute Gasteiger partial charge is 0.573 e. The van der Waals surface area contributed by atoms with E-state index in [1.54, 1.807) is 5.57 Å². The number of sulfonamides is 1. The van der Waals surface area contributed by atoms with Crippen LogP contribution in [-0.2, 0) is 15.8 Å². The Morgan fingerprint density at radius 1 is 1.05 bits per heavy atom. The van der Waals surface area contributed by atoms with Crippen molar-refractivity contribution in [3.05, 3.63) is 41.5 Å². The number of unbranched alkanes of at least 4 members (excludes halogenated alkanes) is 1. The summed E-state index contributed by atoms with van der Waals surface area (Å²) in [6.07, 6.45) is 7.33. The predicted octanol–water partition coefficient (Wildman–Crippen LogP) is 4.68. The van der Waals surface area contributed by atoms with Crippen LogP contribution in [0.1, 0.15) is 56.9 Å². The first kappa shape index (κ1) is 27.0. The molecule has 6 nitrogen and oxygen atoms in total. The Morgan fingerprint density at radius 3 is 2.65 bits per heavy atom. The zero-order valence-electron chi connectivity index (χ0n) is 21.3. The Bertz CT molecular complexity index is 1060. The van der Waals surface area contributed by atoms with Gasteiger partial charge in [0, 0.05) is 25.2 Å². The van der Waals surface area contributed by atoms with Crippen molar-refractivity contribution in [1.82, 2.24) is 14.5 Å². The zero-order chi connectivity index (χ0) is 26.0. The lowest BCUT2D eigenvalue weighted by atomic mass is 9.68. The van der Waals surface area contributed by atoms with Crippen LogP contribution >= 0.6 is 0 Å². The Morgan fingerprint density at radius 2 is 1.86 bits per heavy atom. The fourth-order valence-electron chi connectivity index (χ4n) is 7.06. The normalized spacial score (nSPS) is 28.8. The zero-order valence-corrected chi connectivity index (χ0v) is 22.1. The average Bonchev–Trinajstić information content (AvgIpc) is 2.84. The molecule has 4 atom stereocenters. The summed E-state index contributed by atoms with van der Waals surface area (Å²) in [5.74, 6) is 0.802. The van der Waals surface area contributed by atoms with Crippen molar-refractivity contribution in [1.29, 1.82) is 0 Å². The molecular formula is C27H38F3N3O3S. The van der Waals surface area contributed by atoms with Crippen LogP contribution in [0.2, 0.25) is 0 Å². The highest BCUT2D eigenvalue weighted by Crippen LogP contribution is 2.45. The standard InChI is InChI=1S/C27H38F3N3O3S/c28-27(29,30)36-24-10-8-20(9-11-24)19-37(34,35)31-12-2-4-13-32-15-5-6-21-16-22-17-23(26(21)32)18-33-14-3-1-7-25(22)33/h8-11,16,22-23,25-26,31H,1-7,12-15,17-19H2/t22-,23+,25+,26+/m0/s1. The SMILES string of the molecule is O=S(=O)(Cc1ccc(OC(F)(F)F)cc1)NCCCCN1CCCC2=C[C@H]3C[C@H](CN4CCCC[C@H]34)[C@@H]21. The van der Waals surface area contributed by atoms with Crippen molar-refractivity contribution in [3.63, 3.8) is 0 Å². The van der Waals surface area contributed by atoms with Crippen LogP contribution in [-0.4, -0.2) is 69.4 Å². The van der Waals surface area contributed by atoms with Gasteiger partial charge in [-0.2, -0.15) is 0 Å². The Labute approximate surface area is 218 Å². The van der Waals surface area contributed by atoms with Crippen molar-refractivity contribution in [2.45, 2.75) is 75.6 Å². The molecule has 0 aromatic heterocycles. The summed E-state index contributed by atoms with van der Waals surface area (Å²) in [5.41, 5.74) is 2.07. The van der Waals surface area contributed by atoms with Crippen LogP contribution in [0.4, 0.5) is 13.2 Å². The number of hydrogen-bond donors (Lipinski definition) is 1. The van der Waals surface area contributed by atoms with Crippen LogP contribution in [0, 0.1) is 11.8 Å². The summed E-state index contributed by atoms with van der Waals surface area (Å²) in [7, 11) is -3.57. The summed E-state index contributed by atoms with van der Waals surface area (Å²) in [4.78, 5) is 5.41. The van der Waals surface area contributed by atoms with E-state index in [0.717, 1.165) is 50.0 Å². The second-order valence-corrected chi connectivity index (χ2v) is 12.9. The molecule has 1 aromatic carbocycles. The molecule has 1 aromatic rings. The number of alkyl halides is 3. The van der Waals surface area contributed by atoms with E-state index in [1.807, 2.05) is 0 Å². The number of ether oxygens (including phenoxy) is 1. The van der Waals surface area contributed by atoms with Crippen LogP contribution in [0.3, 0.4) is 0 Å². The molecule has 0 spiro atoms. The van der Waals surface area contributed by atoms with Gasteiger partial charge in [0.2, 0.25) is 10.0 Å². The smallest absolute Gasteiger partial charge is 0.406 e. The Balaban J connectivity index is 1.08. The molecule has 1 N–H and O–H groups in total. The molecule has 5 rings (SSSR count). The molecule has 1 aliphatic carbocycles. The number of likely N-dealkylation sites (tertiary alicyclic amines) is 1. The van der Waals surface area contributed by atoms with Gasteiger partial charge in [-0.05, 0) is 94.1 Å². The minimum absolute atomic E-state index is 0.276. The summed E-state index contributed by atoms with van der Waals surface area (Å²) in [6.45, 7) is 4.93. The van der Waals surface area contributed by atoms with Crippen LogP contribution in [0.15, 0.2) is 35.9 Å². The minimum Gasteiger partial charge on any atom is -0.406 e. The predicted molar refractivity (Wildman–Crippen MR) is 136 cm³/mol. The summed E-state index contributed by atoms with van der Waals surface area (Å²) >= 11 is 0. The van der Waals surface area contributed by atoms with Gasteiger partial charge < -0.3 is 4.74 Å². The lowest BCUT2D eigenvalue weighted by molar-refractivity contribution is -0.274. The summed E-state index contributed by atoms with van der Waals surface area (Å²) < 4.78 is 68.3. The summed E-state index contributed by atoms with van der Waals surface area (Å²) in [5, 5.41) is 0. The number of rotatable bonds is 9. The van der Waals surface area contributed by atoms with Gasteiger partial charge in [0.1, 0.15) is 5.75 Å². The molecule has 3 saturated heterocycles. The first-order valence-corrected chi connectivity index (χ1v) is 15.3. The lowest BCUT2D eigenvalue weighted by Crippen LogP contribution is -2.59. The van der Waals surface area contributed by atoms with Crippen molar-refractivity contribution in [3.8, 4) is 5.75 Å². The van der Waals surface area contributed by atoms with Gasteiger partial charge in [-0.1, -0.05) is 30.2 Å². The molecule has 206 valence electrons. The molecule has 3 heterocycles. The Kier molecular flexibility index (Phi) is 8.19. The topological polar surface area (TPSA) is 61.9 Å². The van der Waals surface area contributed by atoms with Crippen LogP contribution in [0.25, 0.3) is 0 Å². The molecule has 3 fully saturated rings. The van der Waals surface area contributed by atoms with Gasteiger partial charge >= 0.3 is 6.36 Å². The third kappa shape index (κ3) is 6.88. The highest BCUT2D eigenvalue weighted by Gasteiger charge is 2.45. The van der Waals surface area contributed by atoms with E-state index in [2.05, 4.69) is 25.3 Å². The monoisotopic (exact) mass is 541 g/mol. The number of fused-ring (bicyclic) bond motifs is 6. The van der Waals surface area contributed by atoms with Gasteiger partial charge in [0.25, 0.3) is 0 Å². The fourth-order valence-corrected chi connectivity index (χ4v) is 8.25. The van der Waals surface area contributed by atoms with Gasteiger partial charge in [-0.3, -0.25) is 9.80 Å². The van der Waals surface area contributed by atoms with Crippen LogP contribution < -0.4 is 9.46 Å². The number of nitrogens with zero attached hydrogens (tertiary/aromatic N) is 2. The number of benzene rings is 1. The quantitative estimate of drug-likeness (QED) is 0.364.